The van der Waals surface area contributed by atoms with Crippen LogP contribution in [0.4, 0.5) is 0 Å². The zero-order valence-corrected chi connectivity index (χ0v) is 27.3. The SMILES string of the molecule is CC[C@@H](CO)N1C(=O)[C@H]2[C@@H]3C(=O)O[C@@H](c4ccccc4)[C@H](COC)NC(=O)CC/C=C\[C@@H]3O[C@]23C=CCN(C2CCCCC2)C(=O)[C@H]13. The summed E-state index contributed by atoms with van der Waals surface area (Å²) in [6.45, 7) is 2.02. The second-order valence-electron chi connectivity index (χ2n) is 13.4. The smallest absolute Gasteiger partial charge is 0.313 e. The molecule has 0 bridgehead atoms. The number of rotatable bonds is 7. The predicted octanol–water partition coefficient (Wildman–Crippen LogP) is 2.83. The average Bonchev–Trinajstić information content (AvgIpc) is 3.47. The Bertz CT molecular complexity index is 1370. The third-order valence-corrected chi connectivity index (χ3v) is 10.6. The van der Waals surface area contributed by atoms with Crippen molar-refractivity contribution in [2.75, 3.05) is 26.9 Å². The van der Waals surface area contributed by atoms with Crippen LogP contribution in [-0.4, -0.2) is 101 Å². The lowest BCUT2D eigenvalue weighted by Crippen LogP contribution is -2.59. The van der Waals surface area contributed by atoms with Crippen LogP contribution in [0, 0.1) is 11.8 Å². The summed E-state index contributed by atoms with van der Waals surface area (Å²) in [5, 5.41) is 13.4. The molecular weight excluding hydrogens is 602 g/mol. The molecule has 3 amide bonds. The molecule has 5 aliphatic rings. The molecule has 0 radical (unpaired) electrons. The molecule has 11 nitrogen and oxygen atoms in total. The molecule has 2 saturated heterocycles. The largest absolute Gasteiger partial charge is 0.455 e. The molecule has 6 rings (SSSR count). The molecule has 11 heteroatoms. The van der Waals surface area contributed by atoms with Gasteiger partial charge in [-0.2, -0.15) is 0 Å². The van der Waals surface area contributed by atoms with Crippen molar-refractivity contribution in [1.29, 1.82) is 0 Å². The number of amides is 3. The van der Waals surface area contributed by atoms with Crippen LogP contribution in [0.25, 0.3) is 0 Å². The number of cyclic esters (lactones) is 1. The van der Waals surface area contributed by atoms with Crippen LogP contribution in [0.15, 0.2) is 54.6 Å². The quantitative estimate of drug-likeness (QED) is 0.340. The first-order valence-electron chi connectivity index (χ1n) is 17.1. The highest BCUT2D eigenvalue weighted by atomic mass is 16.6. The summed E-state index contributed by atoms with van der Waals surface area (Å²) in [6.07, 6.45) is 11.5. The Kier molecular flexibility index (Phi) is 10.1. The topological polar surface area (TPSA) is 135 Å². The first-order chi connectivity index (χ1) is 22.8. The maximum Gasteiger partial charge on any atom is 0.313 e. The molecule has 8 atom stereocenters. The monoisotopic (exact) mass is 649 g/mol. The molecule has 1 aromatic rings. The second kappa shape index (κ2) is 14.3. The van der Waals surface area contributed by atoms with Crippen molar-refractivity contribution in [2.45, 2.75) is 100 Å². The number of esters is 1. The number of allylic oxidation sites excluding steroid dienone is 1. The lowest BCUT2D eigenvalue weighted by molar-refractivity contribution is -0.163. The van der Waals surface area contributed by atoms with E-state index in [1.165, 1.54) is 12.0 Å². The summed E-state index contributed by atoms with van der Waals surface area (Å²) in [7, 11) is 1.52. The van der Waals surface area contributed by atoms with Crippen LogP contribution >= 0.6 is 0 Å². The Morgan fingerprint density at radius 1 is 1.06 bits per heavy atom. The molecule has 0 unspecified atom stereocenters. The summed E-state index contributed by atoms with van der Waals surface area (Å²) < 4.78 is 18.6. The van der Waals surface area contributed by atoms with Gasteiger partial charge in [-0.1, -0.05) is 80.8 Å². The predicted molar refractivity (Wildman–Crippen MR) is 172 cm³/mol. The Hall–Kier alpha value is -3.54. The van der Waals surface area contributed by atoms with Gasteiger partial charge in [-0.05, 0) is 31.2 Å². The number of nitrogens with one attached hydrogen (secondary N) is 1. The summed E-state index contributed by atoms with van der Waals surface area (Å²) in [5.74, 6) is -3.62. The Balaban J connectivity index is 1.44. The van der Waals surface area contributed by atoms with Crippen LogP contribution in [0.2, 0.25) is 0 Å². The molecule has 4 aliphatic heterocycles. The maximum absolute atomic E-state index is 14.7. The van der Waals surface area contributed by atoms with E-state index in [2.05, 4.69) is 5.32 Å². The number of likely N-dealkylation sites (tertiary alicyclic amines) is 1. The van der Waals surface area contributed by atoms with Gasteiger partial charge in [0.15, 0.2) is 0 Å². The summed E-state index contributed by atoms with van der Waals surface area (Å²) in [4.78, 5) is 60.3. The van der Waals surface area contributed by atoms with Crippen molar-refractivity contribution in [3.63, 3.8) is 0 Å². The van der Waals surface area contributed by atoms with Gasteiger partial charge >= 0.3 is 5.97 Å². The van der Waals surface area contributed by atoms with Crippen LogP contribution in [-0.2, 0) is 33.4 Å². The van der Waals surface area contributed by atoms with Crippen molar-refractivity contribution in [2.24, 2.45) is 11.8 Å². The van der Waals surface area contributed by atoms with Crippen molar-refractivity contribution >= 4 is 23.7 Å². The zero-order chi connectivity index (χ0) is 33.1. The highest BCUT2D eigenvalue weighted by Gasteiger charge is 2.72. The molecular formula is C36H47N3O8. The molecule has 3 fully saturated rings. The first kappa shape index (κ1) is 33.4. The fourth-order valence-corrected chi connectivity index (χ4v) is 8.37. The highest BCUT2D eigenvalue weighted by Crippen LogP contribution is 2.54. The summed E-state index contributed by atoms with van der Waals surface area (Å²) in [5.41, 5.74) is -0.779. The number of hydrogen-bond donors (Lipinski definition) is 2. The number of aliphatic hydroxyl groups is 1. The van der Waals surface area contributed by atoms with E-state index in [1.807, 2.05) is 54.3 Å². The third kappa shape index (κ3) is 6.13. The zero-order valence-electron chi connectivity index (χ0n) is 27.3. The molecule has 254 valence electrons. The number of aliphatic hydroxyl groups excluding tert-OH is 1. The molecule has 1 aliphatic carbocycles. The number of ether oxygens (including phenoxy) is 3. The number of benzene rings is 1. The van der Waals surface area contributed by atoms with Gasteiger partial charge in [-0.25, -0.2) is 0 Å². The van der Waals surface area contributed by atoms with Crippen LogP contribution < -0.4 is 5.32 Å². The molecule has 1 spiro atoms. The van der Waals surface area contributed by atoms with Crippen molar-refractivity contribution in [3.8, 4) is 0 Å². The molecule has 0 aromatic heterocycles. The van der Waals surface area contributed by atoms with Gasteiger partial charge in [0.2, 0.25) is 17.7 Å². The second-order valence-corrected chi connectivity index (χ2v) is 13.4. The molecule has 1 saturated carbocycles. The van der Waals surface area contributed by atoms with Crippen LogP contribution in [0.1, 0.15) is 70.0 Å². The Morgan fingerprint density at radius 2 is 1.83 bits per heavy atom. The van der Waals surface area contributed by atoms with Crippen LogP contribution in [0.5, 0.6) is 0 Å². The lowest BCUT2D eigenvalue weighted by Gasteiger charge is -2.41. The Labute approximate surface area is 276 Å². The van der Waals surface area contributed by atoms with E-state index in [4.69, 9.17) is 14.2 Å². The van der Waals surface area contributed by atoms with Gasteiger partial charge in [0.05, 0.1) is 37.3 Å². The Morgan fingerprint density at radius 3 is 2.53 bits per heavy atom. The van der Waals surface area contributed by atoms with Gasteiger partial charge in [-0.3, -0.25) is 19.2 Å². The minimum absolute atomic E-state index is 0.0510. The van der Waals surface area contributed by atoms with Crippen molar-refractivity contribution in [1.82, 2.24) is 15.1 Å². The molecule has 4 heterocycles. The van der Waals surface area contributed by atoms with Gasteiger partial charge in [0.1, 0.15) is 23.7 Å². The van der Waals surface area contributed by atoms with Gasteiger partial charge in [-0.15, -0.1) is 0 Å². The highest BCUT2D eigenvalue weighted by molar-refractivity contribution is 5.99. The van der Waals surface area contributed by atoms with Gasteiger partial charge in [0, 0.05) is 26.1 Å². The van der Waals surface area contributed by atoms with E-state index >= 15 is 0 Å². The number of fused-ring (bicyclic) bond motifs is 2. The number of methoxy groups -OCH3 is 1. The number of carbonyl (C=O) groups excluding carboxylic acids is 4. The minimum Gasteiger partial charge on any atom is -0.455 e. The van der Waals surface area contributed by atoms with E-state index in [1.54, 1.807) is 12.2 Å². The maximum atomic E-state index is 14.7. The molecule has 47 heavy (non-hydrogen) atoms. The van der Waals surface area contributed by atoms with E-state index in [-0.39, 0.29) is 37.5 Å². The standard InChI is InChI=1S/C36H47N3O8/c1-3-24(21-40)39-32-34(43)38(25-15-8-5-9-16-25)20-12-19-36(32)30(33(39)42)29-27(47-36)17-10-11-18-28(41)37-26(22-45-2)31(46-35(29)44)23-13-6-4-7-14-23/h4,6-7,10,12-14,17,19,24-27,29-32,40H,3,5,8-9,11,15-16,18,20-22H2,1-2H3,(H,37,41)/b17-10-/t24-,26-,27-,29+,30+,31-,32-,36+/m0/s1. The molecule has 1 aromatic carbocycles. The van der Waals surface area contributed by atoms with Gasteiger partial charge < -0.3 is 34.4 Å². The fraction of sp³-hybridized carbons (Fsp3) is 0.611. The molecule has 2 N–H and O–H groups in total. The normalized spacial score (nSPS) is 34.7. The van der Waals surface area contributed by atoms with Crippen molar-refractivity contribution in [3.05, 3.63) is 60.2 Å². The van der Waals surface area contributed by atoms with E-state index in [0.29, 0.717) is 24.9 Å². The first-order valence-corrected chi connectivity index (χ1v) is 17.1. The van der Waals surface area contributed by atoms with Crippen LogP contribution in [0.3, 0.4) is 0 Å². The minimum atomic E-state index is -1.44. The number of nitrogens with zero attached hydrogens (tertiary/aromatic N) is 2. The van der Waals surface area contributed by atoms with E-state index < -0.39 is 59.6 Å². The average molecular weight is 650 g/mol. The van der Waals surface area contributed by atoms with E-state index in [0.717, 1.165) is 32.1 Å². The fourth-order valence-electron chi connectivity index (χ4n) is 8.37. The number of hydrogen-bond acceptors (Lipinski definition) is 8. The third-order valence-electron chi connectivity index (χ3n) is 10.6. The number of carbonyl (C=O) groups is 4. The summed E-state index contributed by atoms with van der Waals surface area (Å²) >= 11 is 0. The van der Waals surface area contributed by atoms with Gasteiger partial charge in [0.25, 0.3) is 0 Å². The lowest BCUT2D eigenvalue weighted by atomic mass is 9.77. The summed E-state index contributed by atoms with van der Waals surface area (Å²) in [6, 6.07) is 6.83. The van der Waals surface area contributed by atoms with Crippen molar-refractivity contribution < 1.29 is 38.5 Å². The van der Waals surface area contributed by atoms with E-state index in [9.17, 15) is 24.3 Å².